The van der Waals surface area contributed by atoms with Gasteiger partial charge in [-0.05, 0) is 20.4 Å². The lowest BCUT2D eigenvalue weighted by Crippen LogP contribution is -2.43. The summed E-state index contributed by atoms with van der Waals surface area (Å²) in [5.41, 5.74) is 5.55. The fourth-order valence-corrected chi connectivity index (χ4v) is 1.32. The number of hydrogen-bond donors (Lipinski definition) is 2. The first-order valence-electron chi connectivity index (χ1n) is 4.92. The molecule has 5 nitrogen and oxygen atoms in total. The lowest BCUT2D eigenvalue weighted by molar-refractivity contribution is 0.115. The molecular weight excluding hydrogens is 182 g/mol. The van der Waals surface area contributed by atoms with Crippen molar-refractivity contribution >= 4 is 5.84 Å². The van der Waals surface area contributed by atoms with Crippen LogP contribution in [-0.2, 0) is 4.74 Å². The van der Waals surface area contributed by atoms with E-state index in [0.29, 0.717) is 13.2 Å². The fraction of sp³-hybridized carbons (Fsp3) is 0.889. The number of nitrogens with zero attached hydrogens (tertiary/aromatic N) is 2. The molecule has 1 atom stereocenters. The van der Waals surface area contributed by atoms with Crippen molar-refractivity contribution in [2.75, 3.05) is 26.8 Å². The van der Waals surface area contributed by atoms with Gasteiger partial charge in [-0.3, -0.25) is 4.90 Å². The Bertz CT molecular complexity index is 173. The standard InChI is InChI=1S/C9H21N3O2/c1-4-8(9(10)11-13)12(3)6-7-14-5-2/h8,13H,4-7H2,1-3H3,(H2,10,11). The van der Waals surface area contributed by atoms with Crippen molar-refractivity contribution in [1.29, 1.82) is 0 Å². The largest absolute Gasteiger partial charge is 0.409 e. The molecule has 0 heterocycles. The minimum absolute atomic E-state index is 0.0135. The van der Waals surface area contributed by atoms with Crippen molar-refractivity contribution in [3.63, 3.8) is 0 Å². The monoisotopic (exact) mass is 203 g/mol. The minimum atomic E-state index is -0.0135. The Morgan fingerprint density at radius 2 is 2.21 bits per heavy atom. The minimum Gasteiger partial charge on any atom is -0.409 e. The summed E-state index contributed by atoms with van der Waals surface area (Å²) in [5.74, 6) is 0.256. The highest BCUT2D eigenvalue weighted by atomic mass is 16.5. The molecule has 1 unspecified atom stereocenters. The summed E-state index contributed by atoms with van der Waals surface area (Å²) in [7, 11) is 1.94. The molecule has 0 aliphatic rings. The van der Waals surface area contributed by atoms with Gasteiger partial charge in [-0.2, -0.15) is 0 Å². The van der Waals surface area contributed by atoms with Crippen LogP contribution in [0.2, 0.25) is 0 Å². The van der Waals surface area contributed by atoms with Crippen LogP contribution in [-0.4, -0.2) is 48.8 Å². The van der Waals surface area contributed by atoms with Crippen molar-refractivity contribution in [2.45, 2.75) is 26.3 Å². The van der Waals surface area contributed by atoms with E-state index in [1.807, 2.05) is 25.8 Å². The topological polar surface area (TPSA) is 71.1 Å². The second kappa shape index (κ2) is 7.58. The molecular formula is C9H21N3O2. The predicted octanol–water partition coefficient (Wildman–Crippen LogP) is 0.480. The number of amidine groups is 1. The molecule has 0 aliphatic carbocycles. The van der Waals surface area contributed by atoms with E-state index in [1.54, 1.807) is 0 Å². The van der Waals surface area contributed by atoms with Crippen LogP contribution in [0.3, 0.4) is 0 Å². The van der Waals surface area contributed by atoms with E-state index in [9.17, 15) is 0 Å². The van der Waals surface area contributed by atoms with Crippen molar-refractivity contribution in [3.05, 3.63) is 0 Å². The molecule has 0 aromatic carbocycles. The van der Waals surface area contributed by atoms with Gasteiger partial charge in [-0.25, -0.2) is 0 Å². The Morgan fingerprint density at radius 3 is 2.64 bits per heavy atom. The maximum absolute atomic E-state index is 8.56. The molecule has 3 N–H and O–H groups in total. The first-order chi connectivity index (χ1) is 6.67. The van der Waals surface area contributed by atoms with Crippen molar-refractivity contribution in [3.8, 4) is 0 Å². The number of oxime groups is 1. The van der Waals surface area contributed by atoms with Gasteiger partial charge in [0.05, 0.1) is 12.6 Å². The van der Waals surface area contributed by atoms with E-state index in [-0.39, 0.29) is 11.9 Å². The molecule has 84 valence electrons. The summed E-state index contributed by atoms with van der Waals surface area (Å²) >= 11 is 0. The van der Waals surface area contributed by atoms with Gasteiger partial charge in [-0.1, -0.05) is 12.1 Å². The lowest BCUT2D eigenvalue weighted by Gasteiger charge is -2.25. The summed E-state index contributed by atoms with van der Waals surface area (Å²) in [5, 5.41) is 11.6. The second-order valence-corrected chi connectivity index (χ2v) is 3.13. The summed E-state index contributed by atoms with van der Waals surface area (Å²) in [4.78, 5) is 2.02. The van der Waals surface area contributed by atoms with Crippen molar-refractivity contribution in [1.82, 2.24) is 4.90 Å². The maximum Gasteiger partial charge on any atom is 0.156 e. The third kappa shape index (κ3) is 4.43. The number of ether oxygens (including phenoxy) is 1. The van der Waals surface area contributed by atoms with Crippen LogP contribution in [0.5, 0.6) is 0 Å². The van der Waals surface area contributed by atoms with Crippen LogP contribution in [0.4, 0.5) is 0 Å². The van der Waals surface area contributed by atoms with E-state index in [0.717, 1.165) is 13.0 Å². The van der Waals surface area contributed by atoms with E-state index in [2.05, 4.69) is 5.16 Å². The Balaban J connectivity index is 3.98. The third-order valence-electron chi connectivity index (χ3n) is 2.17. The van der Waals surface area contributed by atoms with Gasteiger partial charge in [-0.15, -0.1) is 0 Å². The van der Waals surface area contributed by atoms with E-state index >= 15 is 0 Å². The lowest BCUT2D eigenvalue weighted by atomic mass is 10.2. The molecule has 0 fully saturated rings. The van der Waals surface area contributed by atoms with Gasteiger partial charge in [0.25, 0.3) is 0 Å². The SMILES string of the molecule is CCOCCN(C)C(CC)C(N)=NO. The van der Waals surface area contributed by atoms with E-state index in [1.165, 1.54) is 0 Å². The van der Waals surface area contributed by atoms with Crippen molar-refractivity contribution < 1.29 is 9.94 Å². The van der Waals surface area contributed by atoms with E-state index in [4.69, 9.17) is 15.7 Å². The molecule has 0 amide bonds. The first kappa shape index (κ1) is 13.2. The number of likely N-dealkylation sites (N-methyl/N-ethyl adjacent to an activating group) is 1. The predicted molar refractivity (Wildman–Crippen MR) is 56.6 cm³/mol. The molecule has 0 spiro atoms. The summed E-state index contributed by atoms with van der Waals surface area (Å²) < 4.78 is 5.23. The van der Waals surface area contributed by atoms with Gasteiger partial charge in [0, 0.05) is 13.2 Å². The average molecular weight is 203 g/mol. The molecule has 0 rings (SSSR count). The zero-order valence-corrected chi connectivity index (χ0v) is 9.23. The zero-order valence-electron chi connectivity index (χ0n) is 9.23. The highest BCUT2D eigenvalue weighted by molar-refractivity contribution is 5.85. The zero-order chi connectivity index (χ0) is 11.0. The molecule has 0 saturated heterocycles. The Kier molecular flexibility index (Phi) is 7.14. The Labute approximate surface area is 85.5 Å². The molecule has 0 bridgehead atoms. The van der Waals surface area contributed by atoms with Crippen molar-refractivity contribution in [2.24, 2.45) is 10.9 Å². The molecule has 14 heavy (non-hydrogen) atoms. The maximum atomic E-state index is 8.56. The van der Waals surface area contributed by atoms with E-state index < -0.39 is 0 Å². The summed E-state index contributed by atoms with van der Waals surface area (Å²) in [6.45, 7) is 6.12. The first-order valence-corrected chi connectivity index (χ1v) is 4.92. The van der Waals surface area contributed by atoms with Crippen LogP contribution in [0.25, 0.3) is 0 Å². The van der Waals surface area contributed by atoms with Crippen LogP contribution in [0, 0.1) is 0 Å². The van der Waals surface area contributed by atoms with Gasteiger partial charge in [0.1, 0.15) is 0 Å². The molecule has 5 heteroatoms. The average Bonchev–Trinajstić information content (AvgIpc) is 2.19. The highest BCUT2D eigenvalue weighted by Gasteiger charge is 2.16. The van der Waals surface area contributed by atoms with Gasteiger partial charge in [0.2, 0.25) is 0 Å². The van der Waals surface area contributed by atoms with Gasteiger partial charge < -0.3 is 15.7 Å². The van der Waals surface area contributed by atoms with Crippen LogP contribution < -0.4 is 5.73 Å². The number of rotatable bonds is 7. The Hall–Kier alpha value is -0.810. The normalized spacial score (nSPS) is 14.7. The Morgan fingerprint density at radius 1 is 1.57 bits per heavy atom. The summed E-state index contributed by atoms with van der Waals surface area (Å²) in [6, 6.07) is -0.0135. The fourth-order valence-electron chi connectivity index (χ4n) is 1.32. The van der Waals surface area contributed by atoms with Gasteiger partial charge in [0.15, 0.2) is 5.84 Å². The molecule has 0 aliphatic heterocycles. The third-order valence-corrected chi connectivity index (χ3v) is 2.17. The van der Waals surface area contributed by atoms with Crippen LogP contribution >= 0.6 is 0 Å². The molecule has 0 aromatic heterocycles. The smallest absolute Gasteiger partial charge is 0.156 e. The quantitative estimate of drug-likeness (QED) is 0.207. The molecule has 0 aromatic rings. The van der Waals surface area contributed by atoms with Gasteiger partial charge >= 0.3 is 0 Å². The molecule has 0 radical (unpaired) electrons. The molecule has 0 saturated carbocycles. The number of nitrogens with two attached hydrogens (primary N) is 1. The second-order valence-electron chi connectivity index (χ2n) is 3.13. The number of hydrogen-bond acceptors (Lipinski definition) is 4. The highest BCUT2D eigenvalue weighted by Crippen LogP contribution is 2.01. The summed E-state index contributed by atoms with van der Waals surface area (Å²) in [6.07, 6.45) is 0.818. The van der Waals surface area contributed by atoms with Crippen LogP contribution in [0.1, 0.15) is 20.3 Å². The van der Waals surface area contributed by atoms with Crippen LogP contribution in [0.15, 0.2) is 5.16 Å².